The average molecular weight is 482 g/mol. The highest BCUT2D eigenvalue weighted by molar-refractivity contribution is 14.0. The van der Waals surface area contributed by atoms with Gasteiger partial charge in [-0.3, -0.25) is 4.99 Å². The van der Waals surface area contributed by atoms with Crippen LogP contribution in [0.2, 0.25) is 5.02 Å². The Morgan fingerprint density at radius 3 is 2.58 bits per heavy atom. The summed E-state index contributed by atoms with van der Waals surface area (Å²) in [5, 5.41) is 7.24. The highest BCUT2D eigenvalue weighted by atomic mass is 127. The minimum atomic E-state index is 0. The van der Waals surface area contributed by atoms with Gasteiger partial charge in [-0.25, -0.2) is 4.98 Å². The number of aromatic amines is 1. The first kappa shape index (κ1) is 20.3. The van der Waals surface area contributed by atoms with E-state index in [4.69, 9.17) is 11.6 Å². The van der Waals surface area contributed by atoms with E-state index in [1.807, 2.05) is 48.7 Å². The van der Waals surface area contributed by atoms with Crippen LogP contribution in [0.5, 0.6) is 0 Å². The molecule has 0 aliphatic carbocycles. The van der Waals surface area contributed by atoms with E-state index in [0.717, 1.165) is 27.7 Å². The van der Waals surface area contributed by atoms with Crippen molar-refractivity contribution >= 4 is 41.5 Å². The van der Waals surface area contributed by atoms with Gasteiger partial charge in [-0.2, -0.15) is 0 Å². The van der Waals surface area contributed by atoms with Crippen LogP contribution in [0.3, 0.4) is 0 Å². The van der Waals surface area contributed by atoms with Crippen molar-refractivity contribution in [1.29, 1.82) is 0 Å². The van der Waals surface area contributed by atoms with Crippen LogP contribution in [-0.2, 0) is 13.1 Å². The summed E-state index contributed by atoms with van der Waals surface area (Å²) in [4.78, 5) is 12.0. The molecule has 0 aliphatic heterocycles. The zero-order valence-corrected chi connectivity index (χ0v) is 17.5. The van der Waals surface area contributed by atoms with Crippen LogP contribution in [-0.4, -0.2) is 23.0 Å². The fraction of sp³-hybridized carbons (Fsp3) is 0.158. The second-order valence-corrected chi connectivity index (χ2v) is 5.96. The maximum absolute atomic E-state index is 6.00. The standard InChI is InChI=1S/C19H20ClN5.HI/c1-21-19(23-11-14-6-5-9-16(20)10-14)24-13-18-22-12-17(25-18)15-7-3-2-4-8-15;/h2-10,12H,11,13H2,1H3,(H,22,25)(H2,21,23,24);1H. The molecule has 2 aromatic carbocycles. The predicted molar refractivity (Wildman–Crippen MR) is 118 cm³/mol. The second kappa shape index (κ2) is 10.2. The minimum Gasteiger partial charge on any atom is -0.352 e. The van der Waals surface area contributed by atoms with Gasteiger partial charge in [0, 0.05) is 18.6 Å². The first-order valence-electron chi connectivity index (χ1n) is 8.03. The number of hydrogen-bond acceptors (Lipinski definition) is 2. The Morgan fingerprint density at radius 2 is 1.85 bits per heavy atom. The molecule has 0 amide bonds. The number of rotatable bonds is 5. The molecule has 3 aromatic rings. The molecule has 0 saturated carbocycles. The summed E-state index contributed by atoms with van der Waals surface area (Å²) in [6.07, 6.45) is 1.84. The zero-order chi connectivity index (χ0) is 17.5. The average Bonchev–Trinajstić information content (AvgIpc) is 3.12. The van der Waals surface area contributed by atoms with Gasteiger partial charge in [-0.15, -0.1) is 24.0 Å². The molecule has 5 nitrogen and oxygen atoms in total. The van der Waals surface area contributed by atoms with Gasteiger partial charge in [0.05, 0.1) is 18.4 Å². The fourth-order valence-corrected chi connectivity index (χ4v) is 2.65. The van der Waals surface area contributed by atoms with Gasteiger partial charge >= 0.3 is 0 Å². The molecule has 26 heavy (non-hydrogen) atoms. The van der Waals surface area contributed by atoms with Crippen molar-refractivity contribution in [3.8, 4) is 11.3 Å². The van der Waals surface area contributed by atoms with E-state index in [-0.39, 0.29) is 24.0 Å². The van der Waals surface area contributed by atoms with Crippen LogP contribution in [0.25, 0.3) is 11.3 Å². The molecule has 0 atom stereocenters. The topological polar surface area (TPSA) is 65.1 Å². The van der Waals surface area contributed by atoms with Crippen LogP contribution in [0.15, 0.2) is 65.8 Å². The van der Waals surface area contributed by atoms with Crippen molar-refractivity contribution in [3.05, 3.63) is 77.2 Å². The van der Waals surface area contributed by atoms with Crippen molar-refractivity contribution in [2.75, 3.05) is 7.05 Å². The van der Waals surface area contributed by atoms with Gasteiger partial charge in [0.15, 0.2) is 5.96 Å². The van der Waals surface area contributed by atoms with E-state index in [9.17, 15) is 0 Å². The molecule has 0 spiro atoms. The second-order valence-electron chi connectivity index (χ2n) is 5.52. The summed E-state index contributed by atoms with van der Waals surface area (Å²) in [6, 6.07) is 17.9. The first-order valence-corrected chi connectivity index (χ1v) is 8.40. The Labute approximate surface area is 175 Å². The van der Waals surface area contributed by atoms with Crippen LogP contribution in [0.4, 0.5) is 0 Å². The number of H-pyrrole nitrogens is 1. The summed E-state index contributed by atoms with van der Waals surface area (Å²) in [5.74, 6) is 1.56. The van der Waals surface area contributed by atoms with E-state index in [1.165, 1.54) is 0 Å². The maximum Gasteiger partial charge on any atom is 0.191 e. The molecule has 3 N–H and O–H groups in total. The van der Waals surface area contributed by atoms with E-state index in [0.29, 0.717) is 19.0 Å². The fourth-order valence-electron chi connectivity index (χ4n) is 2.44. The number of imidazole rings is 1. The third-order valence-electron chi connectivity index (χ3n) is 3.71. The normalized spacial score (nSPS) is 10.9. The number of nitrogens with zero attached hydrogens (tertiary/aromatic N) is 2. The highest BCUT2D eigenvalue weighted by Crippen LogP contribution is 2.15. The summed E-state index contributed by atoms with van der Waals surface area (Å²) in [7, 11) is 1.74. The summed E-state index contributed by atoms with van der Waals surface area (Å²) >= 11 is 6.00. The van der Waals surface area contributed by atoms with Crippen molar-refractivity contribution < 1.29 is 0 Å². The van der Waals surface area contributed by atoms with Gasteiger partial charge in [0.2, 0.25) is 0 Å². The molecule has 1 heterocycles. The van der Waals surface area contributed by atoms with Crippen molar-refractivity contribution in [2.45, 2.75) is 13.1 Å². The minimum absolute atomic E-state index is 0. The van der Waals surface area contributed by atoms with Crippen LogP contribution >= 0.6 is 35.6 Å². The number of nitrogens with one attached hydrogen (secondary N) is 3. The van der Waals surface area contributed by atoms with Crippen molar-refractivity contribution in [1.82, 2.24) is 20.6 Å². The first-order chi connectivity index (χ1) is 12.2. The molecule has 136 valence electrons. The molecule has 7 heteroatoms. The third-order valence-corrected chi connectivity index (χ3v) is 3.94. The Bertz CT molecular complexity index is 848. The Kier molecular flexibility index (Phi) is 7.93. The molecule has 3 rings (SSSR count). The molecule has 0 bridgehead atoms. The van der Waals surface area contributed by atoms with Gasteiger partial charge < -0.3 is 15.6 Å². The van der Waals surface area contributed by atoms with Gasteiger partial charge in [-0.1, -0.05) is 54.1 Å². The van der Waals surface area contributed by atoms with Gasteiger partial charge in [-0.05, 0) is 23.3 Å². The Balaban J connectivity index is 0.00000243. The van der Waals surface area contributed by atoms with Crippen molar-refractivity contribution in [3.63, 3.8) is 0 Å². The number of aromatic nitrogens is 2. The molecular formula is C19H21ClIN5. The Hall–Kier alpha value is -2.06. The summed E-state index contributed by atoms with van der Waals surface area (Å²) in [5.41, 5.74) is 3.21. The Morgan fingerprint density at radius 1 is 1.08 bits per heavy atom. The highest BCUT2D eigenvalue weighted by Gasteiger charge is 2.04. The van der Waals surface area contributed by atoms with E-state index in [1.54, 1.807) is 7.05 Å². The van der Waals surface area contributed by atoms with Crippen LogP contribution in [0, 0.1) is 0 Å². The monoisotopic (exact) mass is 481 g/mol. The number of benzene rings is 2. The molecule has 0 radical (unpaired) electrons. The molecule has 0 unspecified atom stereocenters. The van der Waals surface area contributed by atoms with E-state index >= 15 is 0 Å². The lowest BCUT2D eigenvalue weighted by Gasteiger charge is -2.11. The lowest BCUT2D eigenvalue weighted by Crippen LogP contribution is -2.36. The maximum atomic E-state index is 6.00. The number of guanidine groups is 1. The molecule has 1 aromatic heterocycles. The zero-order valence-electron chi connectivity index (χ0n) is 14.4. The van der Waals surface area contributed by atoms with Crippen molar-refractivity contribution in [2.24, 2.45) is 4.99 Å². The van der Waals surface area contributed by atoms with Crippen LogP contribution in [0.1, 0.15) is 11.4 Å². The quantitative estimate of drug-likeness (QED) is 0.291. The van der Waals surface area contributed by atoms with Gasteiger partial charge in [0.1, 0.15) is 5.82 Å². The summed E-state index contributed by atoms with van der Waals surface area (Å²) < 4.78 is 0. The summed E-state index contributed by atoms with van der Waals surface area (Å²) in [6.45, 7) is 1.20. The van der Waals surface area contributed by atoms with E-state index in [2.05, 4.69) is 37.7 Å². The lowest BCUT2D eigenvalue weighted by atomic mass is 10.2. The van der Waals surface area contributed by atoms with Gasteiger partial charge in [0.25, 0.3) is 0 Å². The number of aliphatic imine (C=N–C) groups is 1. The number of hydrogen-bond donors (Lipinski definition) is 3. The molecule has 0 fully saturated rings. The molecule has 0 aliphatic rings. The van der Waals surface area contributed by atoms with E-state index < -0.39 is 0 Å². The third kappa shape index (κ3) is 5.74. The predicted octanol–water partition coefficient (Wildman–Crippen LogP) is 4.21. The lowest BCUT2D eigenvalue weighted by molar-refractivity contribution is 0.782. The molecule has 0 saturated heterocycles. The smallest absolute Gasteiger partial charge is 0.191 e. The van der Waals surface area contributed by atoms with Crippen LogP contribution < -0.4 is 10.6 Å². The SMILES string of the molecule is CN=C(NCc1cccc(Cl)c1)NCc1ncc(-c2ccccc2)[nH]1.I. The number of halogens is 2. The largest absolute Gasteiger partial charge is 0.352 e. The molecular weight excluding hydrogens is 461 g/mol.